The summed E-state index contributed by atoms with van der Waals surface area (Å²) >= 11 is 0. The molecule has 0 aliphatic carbocycles. The first kappa shape index (κ1) is 11.1. The van der Waals surface area contributed by atoms with E-state index in [1.54, 1.807) is 11.0 Å². The van der Waals surface area contributed by atoms with E-state index in [0.29, 0.717) is 19.0 Å². The van der Waals surface area contributed by atoms with Crippen molar-refractivity contribution in [1.82, 2.24) is 25.0 Å². The van der Waals surface area contributed by atoms with Gasteiger partial charge in [-0.2, -0.15) is 5.10 Å². The molecule has 0 bridgehead atoms. The minimum absolute atomic E-state index is 0.171. The van der Waals surface area contributed by atoms with Gasteiger partial charge in [0.2, 0.25) is 5.91 Å². The summed E-state index contributed by atoms with van der Waals surface area (Å²) in [5.41, 5.74) is 0. The lowest BCUT2D eigenvalue weighted by Crippen LogP contribution is -2.38. The highest BCUT2D eigenvalue weighted by atomic mass is 16.2. The number of carbonyl (C=O) groups excluding carboxylic acids is 1. The topological polar surface area (TPSA) is 63.1 Å². The lowest BCUT2D eigenvalue weighted by atomic mass is 10.2. The lowest BCUT2D eigenvalue weighted by molar-refractivity contribution is -0.131. The molecule has 0 spiro atoms. The minimum atomic E-state index is 0.171. The van der Waals surface area contributed by atoms with Crippen molar-refractivity contribution in [1.29, 1.82) is 0 Å². The molecule has 0 aromatic carbocycles. The number of hydrogen-bond acceptors (Lipinski definition) is 4. The van der Waals surface area contributed by atoms with Crippen LogP contribution in [0.15, 0.2) is 12.7 Å². The molecule has 0 radical (unpaired) electrons. The summed E-state index contributed by atoms with van der Waals surface area (Å²) in [6.07, 6.45) is 4.64. The van der Waals surface area contributed by atoms with Crippen LogP contribution in [0.5, 0.6) is 0 Å². The predicted octanol–water partition coefficient (Wildman–Crippen LogP) is -0.511. The first-order valence-corrected chi connectivity index (χ1v) is 5.56. The molecule has 1 atom stereocenters. The van der Waals surface area contributed by atoms with Crippen molar-refractivity contribution in [2.45, 2.75) is 25.4 Å². The Morgan fingerprint density at radius 3 is 3.19 bits per heavy atom. The van der Waals surface area contributed by atoms with E-state index < -0.39 is 0 Å². The van der Waals surface area contributed by atoms with Gasteiger partial charge in [0.25, 0.3) is 0 Å². The minimum Gasteiger partial charge on any atom is -0.341 e. The van der Waals surface area contributed by atoms with Crippen LogP contribution < -0.4 is 5.32 Å². The Hall–Kier alpha value is -1.43. The van der Waals surface area contributed by atoms with Crippen molar-refractivity contribution in [3.05, 3.63) is 12.7 Å². The Labute approximate surface area is 94.6 Å². The molecule has 16 heavy (non-hydrogen) atoms. The Balaban J connectivity index is 1.78. The van der Waals surface area contributed by atoms with Gasteiger partial charge in [-0.05, 0) is 13.0 Å². The standard InChI is InChI=1S/C10H17N5O/c1-14(9-2-4-11-6-9)10(16)3-5-15-8-12-7-13-15/h7-9,11H,2-6H2,1H3. The molecule has 1 saturated heterocycles. The zero-order valence-electron chi connectivity index (χ0n) is 9.46. The summed E-state index contributed by atoms with van der Waals surface area (Å²) in [4.78, 5) is 17.5. The summed E-state index contributed by atoms with van der Waals surface area (Å²) in [5.74, 6) is 0.171. The Bertz CT molecular complexity index is 331. The number of hydrogen-bond donors (Lipinski definition) is 1. The average Bonchev–Trinajstić information content (AvgIpc) is 2.96. The van der Waals surface area contributed by atoms with E-state index in [1.807, 2.05) is 11.9 Å². The van der Waals surface area contributed by atoms with E-state index in [1.165, 1.54) is 6.33 Å². The maximum absolute atomic E-state index is 11.9. The second-order valence-corrected chi connectivity index (χ2v) is 4.06. The molecule has 88 valence electrons. The maximum atomic E-state index is 11.9. The number of nitrogens with zero attached hydrogens (tertiary/aromatic N) is 4. The summed E-state index contributed by atoms with van der Waals surface area (Å²) < 4.78 is 1.68. The molecular weight excluding hydrogens is 206 g/mol. The predicted molar refractivity (Wildman–Crippen MR) is 58.7 cm³/mol. The molecule has 1 aromatic rings. The zero-order valence-corrected chi connectivity index (χ0v) is 9.46. The Morgan fingerprint density at radius 1 is 1.69 bits per heavy atom. The second kappa shape index (κ2) is 5.07. The number of amides is 1. The summed E-state index contributed by atoms with van der Waals surface area (Å²) in [6.45, 7) is 2.51. The summed E-state index contributed by atoms with van der Waals surface area (Å²) in [6, 6.07) is 0.350. The first-order chi connectivity index (χ1) is 7.77. The molecule has 1 aliphatic heterocycles. The zero-order chi connectivity index (χ0) is 11.4. The second-order valence-electron chi connectivity index (χ2n) is 4.06. The van der Waals surface area contributed by atoms with E-state index in [2.05, 4.69) is 15.4 Å². The quantitative estimate of drug-likeness (QED) is 0.746. The van der Waals surface area contributed by atoms with Crippen LogP contribution in [0.3, 0.4) is 0 Å². The fourth-order valence-corrected chi connectivity index (χ4v) is 1.91. The number of aryl methyl sites for hydroxylation is 1. The van der Waals surface area contributed by atoms with Gasteiger partial charge in [0.1, 0.15) is 12.7 Å². The van der Waals surface area contributed by atoms with Crippen LogP contribution >= 0.6 is 0 Å². The molecule has 1 fully saturated rings. The highest BCUT2D eigenvalue weighted by Crippen LogP contribution is 2.07. The Morgan fingerprint density at radius 2 is 2.56 bits per heavy atom. The van der Waals surface area contributed by atoms with Crippen LogP contribution in [0, 0.1) is 0 Å². The number of likely N-dealkylation sites (N-methyl/N-ethyl adjacent to an activating group) is 1. The third-order valence-electron chi connectivity index (χ3n) is 3.00. The molecule has 6 heteroatoms. The largest absolute Gasteiger partial charge is 0.341 e. The fourth-order valence-electron chi connectivity index (χ4n) is 1.91. The number of aromatic nitrogens is 3. The third-order valence-corrected chi connectivity index (χ3v) is 3.00. The van der Waals surface area contributed by atoms with Gasteiger partial charge in [-0.25, -0.2) is 4.98 Å². The van der Waals surface area contributed by atoms with E-state index in [0.717, 1.165) is 19.5 Å². The SMILES string of the molecule is CN(C(=O)CCn1cncn1)C1CCNC1. The number of rotatable bonds is 4. The summed E-state index contributed by atoms with van der Waals surface area (Å²) in [5, 5.41) is 7.22. The molecule has 2 rings (SSSR count). The highest BCUT2D eigenvalue weighted by Gasteiger charge is 2.22. The van der Waals surface area contributed by atoms with Crippen LogP contribution in [0.2, 0.25) is 0 Å². The van der Waals surface area contributed by atoms with Gasteiger partial charge in [0.15, 0.2) is 0 Å². The first-order valence-electron chi connectivity index (χ1n) is 5.56. The highest BCUT2D eigenvalue weighted by molar-refractivity contribution is 5.76. The van der Waals surface area contributed by atoms with Crippen LogP contribution in [-0.2, 0) is 11.3 Å². The maximum Gasteiger partial charge on any atom is 0.224 e. The molecule has 1 aromatic heterocycles. The fraction of sp³-hybridized carbons (Fsp3) is 0.700. The molecule has 1 N–H and O–H groups in total. The van der Waals surface area contributed by atoms with Crippen molar-refractivity contribution in [3.63, 3.8) is 0 Å². The van der Waals surface area contributed by atoms with E-state index in [4.69, 9.17) is 0 Å². The van der Waals surface area contributed by atoms with Gasteiger partial charge in [0.05, 0.1) is 6.54 Å². The monoisotopic (exact) mass is 223 g/mol. The van der Waals surface area contributed by atoms with E-state index in [9.17, 15) is 4.79 Å². The van der Waals surface area contributed by atoms with Gasteiger partial charge in [-0.1, -0.05) is 0 Å². The van der Waals surface area contributed by atoms with Gasteiger partial charge < -0.3 is 10.2 Å². The molecule has 6 nitrogen and oxygen atoms in total. The number of nitrogens with one attached hydrogen (secondary N) is 1. The molecule has 1 unspecified atom stereocenters. The Kier molecular flexibility index (Phi) is 3.51. The van der Waals surface area contributed by atoms with Gasteiger partial charge in [-0.3, -0.25) is 9.48 Å². The molecule has 0 saturated carbocycles. The van der Waals surface area contributed by atoms with Crippen molar-refractivity contribution in [3.8, 4) is 0 Å². The normalized spacial score (nSPS) is 19.9. The van der Waals surface area contributed by atoms with Crippen molar-refractivity contribution in [2.75, 3.05) is 20.1 Å². The van der Waals surface area contributed by atoms with Gasteiger partial charge in [0, 0.05) is 26.1 Å². The van der Waals surface area contributed by atoms with Crippen LogP contribution in [0.25, 0.3) is 0 Å². The molecular formula is C10H17N5O. The van der Waals surface area contributed by atoms with E-state index >= 15 is 0 Å². The van der Waals surface area contributed by atoms with Crippen LogP contribution in [-0.4, -0.2) is 51.8 Å². The van der Waals surface area contributed by atoms with Crippen LogP contribution in [0.1, 0.15) is 12.8 Å². The lowest BCUT2D eigenvalue weighted by Gasteiger charge is -2.23. The van der Waals surface area contributed by atoms with Crippen LogP contribution in [0.4, 0.5) is 0 Å². The molecule has 1 aliphatic rings. The third kappa shape index (κ3) is 2.57. The molecule has 2 heterocycles. The molecule has 1 amide bonds. The smallest absolute Gasteiger partial charge is 0.224 e. The van der Waals surface area contributed by atoms with Crippen molar-refractivity contribution in [2.24, 2.45) is 0 Å². The summed E-state index contributed by atoms with van der Waals surface area (Å²) in [7, 11) is 1.88. The van der Waals surface area contributed by atoms with E-state index in [-0.39, 0.29) is 5.91 Å². The van der Waals surface area contributed by atoms with Gasteiger partial charge in [-0.15, -0.1) is 0 Å². The van der Waals surface area contributed by atoms with Gasteiger partial charge >= 0.3 is 0 Å². The average molecular weight is 223 g/mol. The van der Waals surface area contributed by atoms with Crippen molar-refractivity contribution < 1.29 is 4.79 Å². The number of carbonyl (C=O) groups is 1. The van der Waals surface area contributed by atoms with Crippen molar-refractivity contribution >= 4 is 5.91 Å².